The van der Waals surface area contributed by atoms with Crippen LogP contribution in [0.4, 0.5) is 0 Å². The molecule has 18 heavy (non-hydrogen) atoms. The number of pyridine rings is 1. The molecule has 0 aromatic carbocycles. The number of primary amides is 1. The number of carbonyl (C=O) groups is 1. The topological polar surface area (TPSA) is 73.8 Å². The van der Waals surface area contributed by atoms with Crippen LogP contribution in [-0.2, 0) is 5.54 Å². The van der Waals surface area contributed by atoms with Gasteiger partial charge in [-0.1, -0.05) is 0 Å². The largest absolute Gasteiger partial charge is 0.365 e. The van der Waals surface area contributed by atoms with Gasteiger partial charge in [0.15, 0.2) is 0 Å². The summed E-state index contributed by atoms with van der Waals surface area (Å²) in [6.07, 6.45) is 4.90. The molecule has 2 aromatic rings. The zero-order valence-electron chi connectivity index (χ0n) is 10.7. The maximum Gasteiger partial charge on any atom is 0.252 e. The number of nitrogens with two attached hydrogens (primary N) is 1. The molecular weight excluding hydrogens is 228 g/mol. The van der Waals surface area contributed by atoms with Crippen molar-refractivity contribution >= 4 is 5.91 Å². The van der Waals surface area contributed by atoms with Crippen molar-refractivity contribution in [3.8, 4) is 11.3 Å². The Morgan fingerprint density at radius 1 is 1.33 bits per heavy atom. The van der Waals surface area contributed by atoms with Crippen molar-refractivity contribution in [2.24, 2.45) is 5.73 Å². The maximum absolute atomic E-state index is 11.5. The Morgan fingerprint density at radius 2 is 2.06 bits per heavy atom. The van der Waals surface area contributed by atoms with Gasteiger partial charge in [-0.25, -0.2) is 0 Å². The predicted octanol–water partition coefficient (Wildman–Crippen LogP) is 1.80. The number of amides is 1. The fourth-order valence-corrected chi connectivity index (χ4v) is 1.82. The molecule has 0 spiro atoms. The summed E-state index contributed by atoms with van der Waals surface area (Å²) in [5, 5.41) is 4.27. The summed E-state index contributed by atoms with van der Waals surface area (Å²) in [5.74, 6) is -0.482. The minimum atomic E-state index is -0.482. The summed E-state index contributed by atoms with van der Waals surface area (Å²) in [6.45, 7) is 6.06. The Bertz CT molecular complexity index is 566. The molecule has 0 saturated heterocycles. The highest BCUT2D eigenvalue weighted by Gasteiger charge is 2.24. The lowest BCUT2D eigenvalue weighted by molar-refractivity contribution is 0.100. The van der Waals surface area contributed by atoms with Gasteiger partial charge in [0.05, 0.1) is 23.0 Å². The van der Waals surface area contributed by atoms with Crippen molar-refractivity contribution in [1.29, 1.82) is 0 Å². The number of hydrogen-bond acceptors (Lipinski definition) is 3. The monoisotopic (exact) mass is 244 g/mol. The van der Waals surface area contributed by atoms with Gasteiger partial charge in [0.2, 0.25) is 0 Å². The third-order valence-corrected chi connectivity index (χ3v) is 2.61. The van der Waals surface area contributed by atoms with E-state index in [-0.39, 0.29) is 5.54 Å². The van der Waals surface area contributed by atoms with E-state index in [9.17, 15) is 4.79 Å². The van der Waals surface area contributed by atoms with Gasteiger partial charge in [0.1, 0.15) is 0 Å². The average molecular weight is 244 g/mol. The molecule has 2 rings (SSSR count). The van der Waals surface area contributed by atoms with E-state index in [0.717, 1.165) is 5.56 Å². The van der Waals surface area contributed by atoms with Crippen LogP contribution in [0, 0.1) is 0 Å². The first kappa shape index (κ1) is 12.3. The van der Waals surface area contributed by atoms with E-state index >= 15 is 0 Å². The Kier molecular flexibility index (Phi) is 2.90. The van der Waals surface area contributed by atoms with Crippen LogP contribution < -0.4 is 5.73 Å². The van der Waals surface area contributed by atoms with Gasteiger partial charge >= 0.3 is 0 Å². The zero-order valence-corrected chi connectivity index (χ0v) is 10.7. The van der Waals surface area contributed by atoms with Gasteiger partial charge in [0.25, 0.3) is 5.91 Å². The van der Waals surface area contributed by atoms with Crippen molar-refractivity contribution in [3.05, 3.63) is 36.3 Å². The predicted molar refractivity (Wildman–Crippen MR) is 69.0 cm³/mol. The molecule has 0 aliphatic heterocycles. The first-order chi connectivity index (χ1) is 8.41. The molecule has 0 unspecified atom stereocenters. The summed E-state index contributed by atoms with van der Waals surface area (Å²) < 4.78 is 1.80. The molecule has 0 aliphatic rings. The molecule has 94 valence electrons. The maximum atomic E-state index is 11.5. The third kappa shape index (κ3) is 2.11. The number of carbonyl (C=O) groups excluding carboxylic acids is 1. The van der Waals surface area contributed by atoms with Gasteiger partial charge in [-0.3, -0.25) is 14.5 Å². The highest BCUT2D eigenvalue weighted by Crippen LogP contribution is 2.27. The Hall–Kier alpha value is -2.17. The molecule has 0 fully saturated rings. The smallest absolute Gasteiger partial charge is 0.252 e. The second-order valence-electron chi connectivity index (χ2n) is 5.10. The molecule has 5 heteroatoms. The number of rotatable bonds is 2. The Balaban J connectivity index is 2.70. The Labute approximate surface area is 106 Å². The molecule has 5 nitrogen and oxygen atoms in total. The molecule has 1 amide bonds. The zero-order chi connectivity index (χ0) is 13.3. The van der Waals surface area contributed by atoms with E-state index < -0.39 is 5.91 Å². The van der Waals surface area contributed by atoms with Crippen molar-refractivity contribution < 1.29 is 4.79 Å². The van der Waals surface area contributed by atoms with E-state index in [0.29, 0.717) is 11.3 Å². The molecular formula is C13H16N4O. The first-order valence-electron chi connectivity index (χ1n) is 5.70. The third-order valence-electron chi connectivity index (χ3n) is 2.61. The van der Waals surface area contributed by atoms with Crippen molar-refractivity contribution in [2.75, 3.05) is 0 Å². The molecule has 0 radical (unpaired) electrons. The van der Waals surface area contributed by atoms with E-state index in [1.807, 2.05) is 32.9 Å². The van der Waals surface area contributed by atoms with Gasteiger partial charge < -0.3 is 5.73 Å². The summed E-state index contributed by atoms with van der Waals surface area (Å²) in [4.78, 5) is 15.6. The van der Waals surface area contributed by atoms with Gasteiger partial charge in [-0.05, 0) is 32.9 Å². The number of hydrogen-bond donors (Lipinski definition) is 1. The van der Waals surface area contributed by atoms with Crippen LogP contribution in [0.1, 0.15) is 31.1 Å². The van der Waals surface area contributed by atoms with Crippen LogP contribution in [0.5, 0.6) is 0 Å². The van der Waals surface area contributed by atoms with Crippen LogP contribution >= 0.6 is 0 Å². The first-order valence-corrected chi connectivity index (χ1v) is 5.70. The second kappa shape index (κ2) is 4.25. The van der Waals surface area contributed by atoms with Gasteiger partial charge in [-0.15, -0.1) is 0 Å². The fourth-order valence-electron chi connectivity index (χ4n) is 1.82. The van der Waals surface area contributed by atoms with E-state index in [1.165, 1.54) is 6.20 Å². The molecule has 0 bridgehead atoms. The minimum Gasteiger partial charge on any atom is -0.365 e. The molecule has 2 aromatic heterocycles. The molecule has 0 atom stereocenters. The van der Waals surface area contributed by atoms with E-state index in [2.05, 4.69) is 10.1 Å². The lowest BCUT2D eigenvalue weighted by Gasteiger charge is -2.22. The number of aromatic nitrogens is 3. The lowest BCUT2D eigenvalue weighted by Crippen LogP contribution is -2.24. The van der Waals surface area contributed by atoms with Crippen LogP contribution in [0.25, 0.3) is 11.3 Å². The quantitative estimate of drug-likeness (QED) is 0.875. The Morgan fingerprint density at radius 3 is 2.56 bits per heavy atom. The summed E-state index contributed by atoms with van der Waals surface area (Å²) >= 11 is 0. The molecule has 0 aliphatic carbocycles. The van der Waals surface area contributed by atoms with Gasteiger partial charge in [-0.2, -0.15) is 5.10 Å². The van der Waals surface area contributed by atoms with Crippen molar-refractivity contribution in [2.45, 2.75) is 26.3 Å². The van der Waals surface area contributed by atoms with Crippen molar-refractivity contribution in [1.82, 2.24) is 14.8 Å². The normalized spacial score (nSPS) is 11.5. The van der Waals surface area contributed by atoms with Gasteiger partial charge in [0, 0.05) is 18.0 Å². The average Bonchev–Trinajstić information content (AvgIpc) is 2.74. The summed E-state index contributed by atoms with van der Waals surface area (Å²) in [5.41, 5.74) is 7.12. The summed E-state index contributed by atoms with van der Waals surface area (Å²) in [7, 11) is 0. The number of nitrogens with zero attached hydrogens (tertiary/aromatic N) is 3. The fraction of sp³-hybridized carbons (Fsp3) is 0.308. The highest BCUT2D eigenvalue weighted by atomic mass is 16.1. The van der Waals surface area contributed by atoms with E-state index in [1.54, 1.807) is 17.1 Å². The minimum absolute atomic E-state index is 0.237. The summed E-state index contributed by atoms with van der Waals surface area (Å²) in [6, 6.07) is 3.71. The second-order valence-corrected chi connectivity index (χ2v) is 5.10. The van der Waals surface area contributed by atoms with Crippen molar-refractivity contribution in [3.63, 3.8) is 0 Å². The van der Waals surface area contributed by atoms with Crippen LogP contribution in [0.3, 0.4) is 0 Å². The van der Waals surface area contributed by atoms with E-state index in [4.69, 9.17) is 5.73 Å². The van der Waals surface area contributed by atoms with Crippen LogP contribution in [0.2, 0.25) is 0 Å². The molecule has 2 heterocycles. The lowest BCUT2D eigenvalue weighted by atomic mass is 10.1. The molecule has 0 saturated carbocycles. The van der Waals surface area contributed by atoms with Crippen LogP contribution in [-0.4, -0.2) is 20.7 Å². The van der Waals surface area contributed by atoms with Crippen LogP contribution in [0.15, 0.2) is 30.7 Å². The standard InChI is InChI=1S/C13H16N4O/c1-13(2,3)17-11(9-5-4-6-15-7-9)10(8-16-17)12(14)18/h4-8H,1-3H3,(H2,14,18). The molecule has 2 N–H and O–H groups in total. The SMILES string of the molecule is CC(C)(C)n1ncc(C(N)=O)c1-c1cccnc1. The highest BCUT2D eigenvalue weighted by molar-refractivity contribution is 5.98.